The van der Waals surface area contributed by atoms with Gasteiger partial charge in [-0.15, -0.1) is 11.3 Å². The van der Waals surface area contributed by atoms with Gasteiger partial charge in [0.2, 0.25) is 0 Å². The minimum absolute atomic E-state index is 0.222. The summed E-state index contributed by atoms with van der Waals surface area (Å²) in [5.74, 6) is 0. The fourth-order valence-corrected chi connectivity index (χ4v) is 2.55. The van der Waals surface area contributed by atoms with Crippen LogP contribution in [0.4, 0.5) is 13.2 Å². The van der Waals surface area contributed by atoms with Gasteiger partial charge in [-0.05, 0) is 24.6 Å². The molecular weight excluding hydrogens is 263 g/mol. The quantitative estimate of drug-likeness (QED) is 0.906. The number of halogens is 3. The number of rotatable bonds is 2. The number of benzene rings is 1. The number of aromatic nitrogens is 1. The molecule has 1 heterocycles. The molecule has 2 nitrogen and oxygen atoms in total. The number of alkyl halides is 3. The summed E-state index contributed by atoms with van der Waals surface area (Å²) in [6.45, 7) is 1.57. The van der Waals surface area contributed by atoms with E-state index < -0.39 is 11.7 Å². The average molecular weight is 273 g/mol. The average Bonchev–Trinajstić information content (AvgIpc) is 2.69. The SMILES string of the molecule is Cc1nc(CO)c(-c2ccc(C(F)(F)F)cc2)s1. The molecule has 0 saturated heterocycles. The van der Waals surface area contributed by atoms with Crippen LogP contribution in [0.1, 0.15) is 16.3 Å². The van der Waals surface area contributed by atoms with Crippen molar-refractivity contribution >= 4 is 11.3 Å². The molecule has 18 heavy (non-hydrogen) atoms. The van der Waals surface area contributed by atoms with E-state index in [9.17, 15) is 13.2 Å². The number of hydrogen-bond acceptors (Lipinski definition) is 3. The molecule has 6 heteroatoms. The minimum Gasteiger partial charge on any atom is -0.390 e. The molecule has 0 spiro atoms. The van der Waals surface area contributed by atoms with Crippen molar-refractivity contribution in [2.75, 3.05) is 0 Å². The van der Waals surface area contributed by atoms with Crippen LogP contribution < -0.4 is 0 Å². The molecule has 2 aromatic rings. The Morgan fingerprint density at radius 2 is 1.83 bits per heavy atom. The van der Waals surface area contributed by atoms with Crippen LogP contribution in [0.5, 0.6) is 0 Å². The van der Waals surface area contributed by atoms with E-state index in [1.807, 2.05) is 0 Å². The normalized spacial score (nSPS) is 11.8. The molecule has 0 aliphatic carbocycles. The number of nitrogens with zero attached hydrogens (tertiary/aromatic N) is 1. The number of aryl methyl sites for hydroxylation is 1. The summed E-state index contributed by atoms with van der Waals surface area (Å²) in [6, 6.07) is 4.86. The van der Waals surface area contributed by atoms with Gasteiger partial charge >= 0.3 is 6.18 Å². The van der Waals surface area contributed by atoms with Crippen molar-refractivity contribution in [1.82, 2.24) is 4.98 Å². The standard InChI is InChI=1S/C12H10F3NOS/c1-7-16-10(6-17)11(18-7)8-2-4-9(5-3-8)12(13,14)15/h2-5,17H,6H2,1H3. The molecule has 0 atom stereocenters. The molecule has 0 aliphatic heterocycles. The van der Waals surface area contributed by atoms with E-state index in [2.05, 4.69) is 4.98 Å². The number of aliphatic hydroxyl groups is 1. The van der Waals surface area contributed by atoms with Crippen molar-refractivity contribution in [1.29, 1.82) is 0 Å². The molecule has 0 radical (unpaired) electrons. The number of aliphatic hydroxyl groups excluding tert-OH is 1. The molecule has 0 bridgehead atoms. The topological polar surface area (TPSA) is 33.1 Å². The summed E-state index contributed by atoms with van der Waals surface area (Å²) < 4.78 is 37.3. The first kappa shape index (κ1) is 13.0. The zero-order valence-corrected chi connectivity index (χ0v) is 10.3. The fraction of sp³-hybridized carbons (Fsp3) is 0.250. The Kier molecular flexibility index (Phi) is 3.41. The Morgan fingerprint density at radius 1 is 1.22 bits per heavy atom. The van der Waals surface area contributed by atoms with Gasteiger partial charge in [-0.1, -0.05) is 12.1 Å². The Balaban J connectivity index is 2.40. The van der Waals surface area contributed by atoms with Crippen LogP contribution in [0.25, 0.3) is 10.4 Å². The Bertz CT molecular complexity index is 545. The molecule has 0 amide bonds. The molecule has 0 unspecified atom stereocenters. The van der Waals surface area contributed by atoms with Crippen LogP contribution in [0.2, 0.25) is 0 Å². The van der Waals surface area contributed by atoms with Crippen molar-refractivity contribution in [2.45, 2.75) is 19.7 Å². The van der Waals surface area contributed by atoms with E-state index in [-0.39, 0.29) is 6.61 Å². The van der Waals surface area contributed by atoms with Gasteiger partial charge < -0.3 is 5.11 Å². The van der Waals surface area contributed by atoms with E-state index in [0.717, 1.165) is 17.1 Å². The van der Waals surface area contributed by atoms with Gasteiger partial charge in [0.05, 0.1) is 27.7 Å². The summed E-state index contributed by atoms with van der Waals surface area (Å²) in [5.41, 5.74) is 0.452. The van der Waals surface area contributed by atoms with E-state index in [1.165, 1.54) is 23.5 Å². The highest BCUT2D eigenvalue weighted by Gasteiger charge is 2.30. The highest BCUT2D eigenvalue weighted by molar-refractivity contribution is 7.15. The lowest BCUT2D eigenvalue weighted by atomic mass is 10.1. The lowest BCUT2D eigenvalue weighted by Gasteiger charge is -2.07. The van der Waals surface area contributed by atoms with Crippen LogP contribution in [-0.2, 0) is 12.8 Å². The van der Waals surface area contributed by atoms with Crippen LogP contribution in [0, 0.1) is 6.92 Å². The molecule has 1 aromatic heterocycles. The van der Waals surface area contributed by atoms with Crippen LogP contribution >= 0.6 is 11.3 Å². The Hall–Kier alpha value is -1.40. The molecular formula is C12H10F3NOS. The third-order valence-electron chi connectivity index (χ3n) is 2.43. The monoisotopic (exact) mass is 273 g/mol. The zero-order valence-electron chi connectivity index (χ0n) is 9.45. The van der Waals surface area contributed by atoms with Crippen molar-refractivity contribution in [3.8, 4) is 10.4 Å². The van der Waals surface area contributed by atoms with Gasteiger partial charge in [0.15, 0.2) is 0 Å². The van der Waals surface area contributed by atoms with Gasteiger partial charge in [-0.2, -0.15) is 13.2 Å². The van der Waals surface area contributed by atoms with Gasteiger partial charge in [0, 0.05) is 0 Å². The van der Waals surface area contributed by atoms with Gasteiger partial charge in [-0.25, -0.2) is 4.98 Å². The van der Waals surface area contributed by atoms with Crippen LogP contribution in [-0.4, -0.2) is 10.1 Å². The van der Waals surface area contributed by atoms with Gasteiger partial charge in [0.1, 0.15) is 0 Å². The maximum Gasteiger partial charge on any atom is 0.416 e. The predicted octanol–water partition coefficient (Wildman–Crippen LogP) is 3.63. The molecule has 0 aliphatic rings. The van der Waals surface area contributed by atoms with Crippen molar-refractivity contribution in [2.24, 2.45) is 0 Å². The van der Waals surface area contributed by atoms with E-state index in [4.69, 9.17) is 5.11 Å². The van der Waals surface area contributed by atoms with Crippen molar-refractivity contribution in [3.05, 3.63) is 40.5 Å². The first-order chi connectivity index (χ1) is 8.41. The zero-order chi connectivity index (χ0) is 13.3. The summed E-state index contributed by atoms with van der Waals surface area (Å²) in [5, 5.41) is 9.91. The smallest absolute Gasteiger partial charge is 0.390 e. The number of hydrogen-bond donors (Lipinski definition) is 1. The minimum atomic E-state index is -4.33. The maximum atomic E-state index is 12.4. The second-order valence-corrected chi connectivity index (χ2v) is 4.95. The molecule has 1 N–H and O–H groups in total. The molecule has 2 rings (SSSR count). The first-order valence-corrected chi connectivity index (χ1v) is 5.98. The lowest BCUT2D eigenvalue weighted by Crippen LogP contribution is -2.04. The van der Waals surface area contributed by atoms with Gasteiger partial charge in [-0.3, -0.25) is 0 Å². The van der Waals surface area contributed by atoms with Gasteiger partial charge in [0.25, 0.3) is 0 Å². The van der Waals surface area contributed by atoms with E-state index in [1.54, 1.807) is 6.92 Å². The first-order valence-electron chi connectivity index (χ1n) is 5.16. The van der Waals surface area contributed by atoms with E-state index in [0.29, 0.717) is 16.1 Å². The third-order valence-corrected chi connectivity index (χ3v) is 3.49. The van der Waals surface area contributed by atoms with Crippen LogP contribution in [0.3, 0.4) is 0 Å². The second-order valence-electron chi connectivity index (χ2n) is 3.74. The van der Waals surface area contributed by atoms with Crippen molar-refractivity contribution < 1.29 is 18.3 Å². The molecule has 1 aromatic carbocycles. The fourth-order valence-electron chi connectivity index (χ4n) is 1.61. The third kappa shape index (κ3) is 2.54. The van der Waals surface area contributed by atoms with Crippen LogP contribution in [0.15, 0.2) is 24.3 Å². The highest BCUT2D eigenvalue weighted by atomic mass is 32.1. The Labute approximate surface area is 106 Å². The van der Waals surface area contributed by atoms with Crippen molar-refractivity contribution in [3.63, 3.8) is 0 Å². The summed E-state index contributed by atoms with van der Waals surface area (Å²) in [4.78, 5) is 4.83. The molecule has 0 saturated carbocycles. The number of thiazole rings is 1. The maximum absolute atomic E-state index is 12.4. The summed E-state index contributed by atoms with van der Waals surface area (Å²) in [7, 11) is 0. The summed E-state index contributed by atoms with van der Waals surface area (Å²) in [6.07, 6.45) is -4.33. The lowest BCUT2D eigenvalue weighted by molar-refractivity contribution is -0.137. The highest BCUT2D eigenvalue weighted by Crippen LogP contribution is 2.34. The molecule has 96 valence electrons. The largest absolute Gasteiger partial charge is 0.416 e. The predicted molar refractivity (Wildman–Crippen MR) is 63.2 cm³/mol. The summed E-state index contributed by atoms with van der Waals surface area (Å²) >= 11 is 1.35. The second kappa shape index (κ2) is 4.70. The Morgan fingerprint density at radius 3 is 2.33 bits per heavy atom. The molecule has 0 fully saturated rings. The van der Waals surface area contributed by atoms with E-state index >= 15 is 0 Å².